The first-order valence-corrected chi connectivity index (χ1v) is 5.93. The molecule has 0 unspecified atom stereocenters. The van der Waals surface area contributed by atoms with Crippen molar-refractivity contribution in [1.82, 2.24) is 0 Å². The lowest BCUT2D eigenvalue weighted by Crippen LogP contribution is -2.56. The molecule has 0 N–H and O–H groups in total. The summed E-state index contributed by atoms with van der Waals surface area (Å²) in [4.78, 5) is 22.3. The van der Waals surface area contributed by atoms with Crippen LogP contribution in [-0.4, -0.2) is 11.9 Å². The maximum Gasteiger partial charge on any atom is 0.0551 e. The van der Waals surface area contributed by atoms with Gasteiger partial charge in [0.25, 0.3) is 0 Å². The third-order valence-corrected chi connectivity index (χ3v) is 3.34. The van der Waals surface area contributed by atoms with Crippen molar-refractivity contribution in [3.8, 4) is 0 Å². The third kappa shape index (κ3) is 3.32. The Bertz CT molecular complexity index is 295. The molecule has 0 rings (SSSR count). The minimum Gasteiger partial charge on any atom is -0.549 e. The molecule has 4 nitrogen and oxygen atoms in total. The molecule has 0 heterocycles. The molecular weight excluding hydrogens is 220 g/mol. The van der Waals surface area contributed by atoms with E-state index in [9.17, 15) is 19.8 Å². The summed E-state index contributed by atoms with van der Waals surface area (Å²) in [6, 6.07) is 0. The number of carboxylic acids is 2. The zero-order chi connectivity index (χ0) is 13.6. The Balaban J connectivity index is 5.27. The van der Waals surface area contributed by atoms with Gasteiger partial charge in [-0.05, 0) is 25.2 Å². The topological polar surface area (TPSA) is 80.3 Å². The van der Waals surface area contributed by atoms with E-state index in [1.165, 1.54) is 0 Å². The van der Waals surface area contributed by atoms with Crippen LogP contribution in [0.1, 0.15) is 47.0 Å². The monoisotopic (exact) mass is 240 g/mol. The Labute approximate surface area is 102 Å². The Hall–Kier alpha value is -1.32. The predicted molar refractivity (Wildman–Crippen MR) is 60.6 cm³/mol. The molecule has 0 aromatic rings. The molecule has 0 saturated heterocycles. The van der Waals surface area contributed by atoms with Gasteiger partial charge in [0.1, 0.15) is 0 Å². The SMILES string of the molecule is CCC(=CCC(C(=O)[O-])(C(=O)[O-])C(C)C)CC. The number of allylic oxidation sites excluding steroid dienone is 2. The van der Waals surface area contributed by atoms with Crippen LogP contribution in [0.5, 0.6) is 0 Å². The highest BCUT2D eigenvalue weighted by Crippen LogP contribution is 2.32. The fraction of sp³-hybridized carbons (Fsp3) is 0.692. The zero-order valence-corrected chi connectivity index (χ0v) is 10.9. The molecule has 0 atom stereocenters. The molecule has 17 heavy (non-hydrogen) atoms. The van der Waals surface area contributed by atoms with Crippen molar-refractivity contribution in [3.63, 3.8) is 0 Å². The van der Waals surface area contributed by atoms with Crippen molar-refractivity contribution in [2.75, 3.05) is 0 Å². The molecule has 98 valence electrons. The van der Waals surface area contributed by atoms with E-state index in [0.29, 0.717) is 0 Å². The molecule has 0 radical (unpaired) electrons. The summed E-state index contributed by atoms with van der Waals surface area (Å²) in [6.07, 6.45) is 3.17. The summed E-state index contributed by atoms with van der Waals surface area (Å²) in [5.41, 5.74) is -0.896. The molecule has 0 aliphatic rings. The van der Waals surface area contributed by atoms with Gasteiger partial charge in [-0.3, -0.25) is 0 Å². The van der Waals surface area contributed by atoms with Gasteiger partial charge in [0.2, 0.25) is 0 Å². The largest absolute Gasteiger partial charge is 0.549 e. The lowest BCUT2D eigenvalue weighted by Gasteiger charge is -2.39. The molecule has 0 aromatic carbocycles. The van der Waals surface area contributed by atoms with Gasteiger partial charge in [-0.25, -0.2) is 0 Å². The normalized spacial score (nSPS) is 11.4. The smallest absolute Gasteiger partial charge is 0.0551 e. The van der Waals surface area contributed by atoms with Crippen LogP contribution in [0.4, 0.5) is 0 Å². The van der Waals surface area contributed by atoms with Gasteiger partial charge in [0, 0.05) is 0 Å². The van der Waals surface area contributed by atoms with E-state index >= 15 is 0 Å². The molecule has 0 bridgehead atoms. The summed E-state index contributed by atoms with van der Waals surface area (Å²) in [7, 11) is 0. The van der Waals surface area contributed by atoms with Crippen molar-refractivity contribution >= 4 is 11.9 Å². The first-order valence-electron chi connectivity index (χ1n) is 5.93. The van der Waals surface area contributed by atoms with Crippen molar-refractivity contribution in [2.45, 2.75) is 47.0 Å². The van der Waals surface area contributed by atoms with Gasteiger partial charge in [0.05, 0.1) is 17.4 Å². The van der Waals surface area contributed by atoms with Gasteiger partial charge in [-0.15, -0.1) is 0 Å². The fourth-order valence-electron chi connectivity index (χ4n) is 1.80. The number of hydrogen-bond donors (Lipinski definition) is 0. The predicted octanol–water partition coefficient (Wildman–Crippen LogP) is 0.265. The Morgan fingerprint density at radius 1 is 1.12 bits per heavy atom. The van der Waals surface area contributed by atoms with Crippen molar-refractivity contribution in [1.29, 1.82) is 0 Å². The number of rotatable bonds is 7. The molecule has 0 amide bonds. The quantitative estimate of drug-likeness (QED) is 0.472. The molecule has 0 spiro atoms. The number of hydrogen-bond acceptors (Lipinski definition) is 4. The number of aliphatic carboxylic acids is 2. The second-order valence-corrected chi connectivity index (χ2v) is 4.47. The number of carbonyl (C=O) groups excluding carboxylic acids is 2. The first kappa shape index (κ1) is 15.7. The van der Waals surface area contributed by atoms with E-state index in [1.54, 1.807) is 19.9 Å². The summed E-state index contributed by atoms with van der Waals surface area (Å²) in [6.45, 7) is 7.00. The van der Waals surface area contributed by atoms with Crippen molar-refractivity contribution in [2.24, 2.45) is 11.3 Å². The van der Waals surface area contributed by atoms with Crippen molar-refractivity contribution in [3.05, 3.63) is 11.6 Å². The fourth-order valence-corrected chi connectivity index (χ4v) is 1.80. The molecule has 0 saturated carbocycles. The standard InChI is InChI=1S/C13H22O4/c1-5-10(6-2)7-8-13(9(3)4,11(14)15)12(16)17/h7,9H,5-6,8H2,1-4H3,(H,14,15)(H,16,17)/p-2. The van der Waals surface area contributed by atoms with Crippen LogP contribution in [0.15, 0.2) is 11.6 Å². The Morgan fingerprint density at radius 3 is 1.76 bits per heavy atom. The van der Waals surface area contributed by atoms with Gasteiger partial charge in [-0.1, -0.05) is 39.3 Å². The second-order valence-electron chi connectivity index (χ2n) is 4.47. The maximum atomic E-state index is 11.1. The second kappa shape index (κ2) is 6.42. The minimum atomic E-state index is -1.93. The summed E-state index contributed by atoms with van der Waals surface area (Å²) in [5.74, 6) is -3.73. The van der Waals surface area contributed by atoms with Crippen LogP contribution in [0.2, 0.25) is 0 Å². The summed E-state index contributed by atoms with van der Waals surface area (Å²) in [5, 5.41) is 22.3. The first-order chi connectivity index (χ1) is 7.82. The average Bonchev–Trinajstić information content (AvgIpc) is 2.23. The van der Waals surface area contributed by atoms with E-state index in [0.717, 1.165) is 18.4 Å². The van der Waals surface area contributed by atoms with E-state index in [2.05, 4.69) is 0 Å². The number of carboxylic acid groups (broad SMARTS) is 2. The van der Waals surface area contributed by atoms with Crippen LogP contribution in [0.25, 0.3) is 0 Å². The molecule has 0 fully saturated rings. The highest BCUT2D eigenvalue weighted by atomic mass is 16.4. The van der Waals surface area contributed by atoms with E-state index < -0.39 is 23.3 Å². The van der Waals surface area contributed by atoms with E-state index in [-0.39, 0.29) is 6.42 Å². The average molecular weight is 240 g/mol. The van der Waals surface area contributed by atoms with E-state index in [4.69, 9.17) is 0 Å². The van der Waals surface area contributed by atoms with Crippen LogP contribution < -0.4 is 10.2 Å². The summed E-state index contributed by atoms with van der Waals surface area (Å²) >= 11 is 0. The van der Waals surface area contributed by atoms with Crippen LogP contribution in [0.3, 0.4) is 0 Å². The molecular formula is C13H20O4-2. The molecule has 0 aliphatic carbocycles. The van der Waals surface area contributed by atoms with Crippen LogP contribution in [-0.2, 0) is 9.59 Å². The van der Waals surface area contributed by atoms with Crippen molar-refractivity contribution < 1.29 is 19.8 Å². The molecule has 0 aliphatic heterocycles. The van der Waals surface area contributed by atoms with Crippen LogP contribution in [0, 0.1) is 11.3 Å². The third-order valence-electron chi connectivity index (χ3n) is 3.34. The lowest BCUT2D eigenvalue weighted by atomic mass is 9.74. The summed E-state index contributed by atoms with van der Waals surface area (Å²) < 4.78 is 0. The van der Waals surface area contributed by atoms with Gasteiger partial charge in [0.15, 0.2) is 0 Å². The van der Waals surface area contributed by atoms with Crippen LogP contribution >= 0.6 is 0 Å². The highest BCUT2D eigenvalue weighted by Gasteiger charge is 2.36. The highest BCUT2D eigenvalue weighted by molar-refractivity contribution is 5.96. The molecule has 0 aromatic heterocycles. The number of carbonyl (C=O) groups is 2. The van der Waals surface area contributed by atoms with Gasteiger partial charge >= 0.3 is 0 Å². The zero-order valence-electron chi connectivity index (χ0n) is 10.9. The van der Waals surface area contributed by atoms with Gasteiger partial charge < -0.3 is 19.8 Å². The van der Waals surface area contributed by atoms with E-state index in [1.807, 2.05) is 13.8 Å². The minimum absolute atomic E-state index is 0.0770. The Kier molecular flexibility index (Phi) is 5.93. The Morgan fingerprint density at radius 2 is 1.53 bits per heavy atom. The molecule has 4 heteroatoms. The maximum absolute atomic E-state index is 11.1. The van der Waals surface area contributed by atoms with Gasteiger partial charge in [-0.2, -0.15) is 0 Å². The lowest BCUT2D eigenvalue weighted by molar-refractivity contribution is -0.346.